The van der Waals surface area contributed by atoms with Crippen LogP contribution in [0.15, 0.2) is 22.7 Å². The van der Waals surface area contributed by atoms with Crippen LogP contribution in [0.4, 0.5) is 0 Å². The largest absolute Gasteiger partial charge is 0.491 e. The minimum absolute atomic E-state index is 0.665. The maximum atomic E-state index is 5.86. The summed E-state index contributed by atoms with van der Waals surface area (Å²) in [6.45, 7) is 7.05. The molecule has 102 valence electrons. The van der Waals surface area contributed by atoms with Crippen LogP contribution in [0.2, 0.25) is 0 Å². The molecule has 0 saturated carbocycles. The standard InChI is InChI=1S/C14H22BrNOS/c1-11(2)9-16-10-12-5-4-6-13(15)14(12)17-7-8-18-3/h4-6,11,16H,7-10H2,1-3H3. The smallest absolute Gasteiger partial charge is 0.137 e. The summed E-state index contributed by atoms with van der Waals surface area (Å²) in [5.41, 5.74) is 1.21. The number of halogens is 1. The van der Waals surface area contributed by atoms with Gasteiger partial charge in [0.15, 0.2) is 0 Å². The first-order valence-electron chi connectivity index (χ1n) is 6.25. The van der Waals surface area contributed by atoms with Gasteiger partial charge in [0.1, 0.15) is 5.75 Å². The van der Waals surface area contributed by atoms with Crippen LogP contribution < -0.4 is 10.1 Å². The topological polar surface area (TPSA) is 21.3 Å². The summed E-state index contributed by atoms with van der Waals surface area (Å²) in [5, 5.41) is 3.45. The molecule has 1 aromatic rings. The highest BCUT2D eigenvalue weighted by Crippen LogP contribution is 2.29. The Morgan fingerprint density at radius 1 is 1.39 bits per heavy atom. The zero-order valence-corrected chi connectivity index (χ0v) is 13.7. The molecule has 1 N–H and O–H groups in total. The Kier molecular flexibility index (Phi) is 7.79. The molecule has 0 aliphatic rings. The van der Waals surface area contributed by atoms with Crippen molar-refractivity contribution in [1.82, 2.24) is 5.32 Å². The zero-order valence-electron chi connectivity index (χ0n) is 11.3. The van der Waals surface area contributed by atoms with Gasteiger partial charge in [0, 0.05) is 17.9 Å². The normalized spacial score (nSPS) is 10.9. The summed E-state index contributed by atoms with van der Waals surface area (Å²) in [6.07, 6.45) is 2.09. The molecule has 0 heterocycles. The molecule has 0 atom stereocenters. The van der Waals surface area contributed by atoms with Crippen LogP contribution in [0.5, 0.6) is 5.75 Å². The van der Waals surface area contributed by atoms with Gasteiger partial charge in [-0.25, -0.2) is 0 Å². The van der Waals surface area contributed by atoms with Crippen LogP contribution in [-0.2, 0) is 6.54 Å². The van der Waals surface area contributed by atoms with E-state index in [1.165, 1.54) is 5.56 Å². The first-order valence-corrected chi connectivity index (χ1v) is 8.43. The minimum Gasteiger partial charge on any atom is -0.491 e. The maximum Gasteiger partial charge on any atom is 0.137 e. The lowest BCUT2D eigenvalue weighted by molar-refractivity contribution is 0.336. The highest BCUT2D eigenvalue weighted by molar-refractivity contribution is 9.10. The van der Waals surface area contributed by atoms with E-state index < -0.39 is 0 Å². The Morgan fingerprint density at radius 3 is 2.83 bits per heavy atom. The number of hydrogen-bond acceptors (Lipinski definition) is 3. The molecule has 0 aromatic heterocycles. The molecule has 1 rings (SSSR count). The van der Waals surface area contributed by atoms with Crippen molar-refractivity contribution in [3.63, 3.8) is 0 Å². The van der Waals surface area contributed by atoms with Crippen molar-refractivity contribution in [3.05, 3.63) is 28.2 Å². The predicted octanol–water partition coefficient (Wildman–Crippen LogP) is 3.94. The number of benzene rings is 1. The molecule has 0 aliphatic heterocycles. The van der Waals surface area contributed by atoms with Crippen LogP contribution in [0, 0.1) is 5.92 Å². The van der Waals surface area contributed by atoms with Crippen molar-refractivity contribution >= 4 is 27.7 Å². The van der Waals surface area contributed by atoms with E-state index in [2.05, 4.69) is 53.5 Å². The Balaban J connectivity index is 2.61. The van der Waals surface area contributed by atoms with E-state index in [9.17, 15) is 0 Å². The van der Waals surface area contributed by atoms with Crippen LogP contribution in [0.1, 0.15) is 19.4 Å². The van der Waals surface area contributed by atoms with Crippen molar-refractivity contribution in [1.29, 1.82) is 0 Å². The molecule has 1 aromatic carbocycles. The fourth-order valence-corrected chi connectivity index (χ4v) is 2.35. The molecular weight excluding hydrogens is 310 g/mol. The Hall–Kier alpha value is -0.190. The molecule has 0 fully saturated rings. The third kappa shape index (κ3) is 5.63. The molecule has 2 nitrogen and oxygen atoms in total. The molecule has 0 amide bonds. The third-order valence-corrected chi connectivity index (χ3v) is 3.65. The van der Waals surface area contributed by atoms with Crippen molar-refractivity contribution in [2.45, 2.75) is 20.4 Å². The second kappa shape index (κ2) is 8.83. The second-order valence-electron chi connectivity index (χ2n) is 4.59. The van der Waals surface area contributed by atoms with Crippen molar-refractivity contribution < 1.29 is 4.74 Å². The fraction of sp³-hybridized carbons (Fsp3) is 0.571. The van der Waals surface area contributed by atoms with Crippen LogP contribution in [0.3, 0.4) is 0 Å². The van der Waals surface area contributed by atoms with Gasteiger partial charge in [0.25, 0.3) is 0 Å². The first kappa shape index (κ1) is 15.9. The van der Waals surface area contributed by atoms with E-state index in [1.54, 1.807) is 11.8 Å². The number of thioether (sulfide) groups is 1. The minimum atomic E-state index is 0.665. The van der Waals surface area contributed by atoms with Gasteiger partial charge < -0.3 is 10.1 Å². The molecule has 0 radical (unpaired) electrons. The Bertz CT molecular complexity index is 358. The summed E-state index contributed by atoms with van der Waals surface area (Å²) >= 11 is 5.36. The summed E-state index contributed by atoms with van der Waals surface area (Å²) in [4.78, 5) is 0. The molecular formula is C14H22BrNOS. The van der Waals surface area contributed by atoms with E-state index in [4.69, 9.17) is 4.74 Å². The van der Waals surface area contributed by atoms with Crippen molar-refractivity contribution in [2.24, 2.45) is 5.92 Å². The van der Waals surface area contributed by atoms with E-state index in [0.29, 0.717) is 5.92 Å². The molecule has 4 heteroatoms. The van der Waals surface area contributed by atoms with Crippen molar-refractivity contribution in [3.8, 4) is 5.75 Å². The molecule has 0 bridgehead atoms. The molecule has 0 spiro atoms. The quantitative estimate of drug-likeness (QED) is 0.729. The number of rotatable bonds is 8. The number of para-hydroxylation sites is 1. The predicted molar refractivity (Wildman–Crippen MR) is 84.6 cm³/mol. The average Bonchev–Trinajstić information content (AvgIpc) is 2.32. The average molecular weight is 332 g/mol. The van der Waals surface area contributed by atoms with Gasteiger partial charge in [0.2, 0.25) is 0 Å². The number of ether oxygens (including phenoxy) is 1. The summed E-state index contributed by atoms with van der Waals surface area (Å²) in [6, 6.07) is 6.20. The van der Waals surface area contributed by atoms with Gasteiger partial charge in [0.05, 0.1) is 11.1 Å². The van der Waals surface area contributed by atoms with E-state index >= 15 is 0 Å². The van der Waals surface area contributed by atoms with Crippen molar-refractivity contribution in [2.75, 3.05) is 25.2 Å². The van der Waals surface area contributed by atoms with Gasteiger partial charge in [-0.2, -0.15) is 11.8 Å². The molecule has 0 unspecified atom stereocenters. The lowest BCUT2D eigenvalue weighted by Crippen LogP contribution is -2.19. The lowest BCUT2D eigenvalue weighted by Gasteiger charge is -2.14. The lowest BCUT2D eigenvalue weighted by atomic mass is 10.2. The van der Waals surface area contributed by atoms with Crippen LogP contribution >= 0.6 is 27.7 Å². The Morgan fingerprint density at radius 2 is 2.17 bits per heavy atom. The SMILES string of the molecule is CSCCOc1c(Br)cccc1CNCC(C)C. The van der Waals surface area contributed by atoms with E-state index in [-0.39, 0.29) is 0 Å². The van der Waals surface area contributed by atoms with Gasteiger partial charge >= 0.3 is 0 Å². The zero-order chi connectivity index (χ0) is 13.4. The number of nitrogens with one attached hydrogen (secondary N) is 1. The monoisotopic (exact) mass is 331 g/mol. The van der Waals surface area contributed by atoms with E-state index in [0.717, 1.165) is 35.7 Å². The highest BCUT2D eigenvalue weighted by Gasteiger charge is 2.07. The molecule has 0 aliphatic carbocycles. The fourth-order valence-electron chi connectivity index (χ4n) is 1.58. The molecule has 0 saturated heterocycles. The van der Waals surface area contributed by atoms with Crippen LogP contribution in [-0.4, -0.2) is 25.2 Å². The van der Waals surface area contributed by atoms with Crippen LogP contribution in [0.25, 0.3) is 0 Å². The summed E-state index contributed by atoms with van der Waals surface area (Å²) < 4.78 is 6.89. The maximum absolute atomic E-state index is 5.86. The van der Waals surface area contributed by atoms with E-state index in [1.807, 2.05) is 6.07 Å². The highest BCUT2D eigenvalue weighted by atomic mass is 79.9. The third-order valence-electron chi connectivity index (χ3n) is 2.45. The summed E-state index contributed by atoms with van der Waals surface area (Å²) in [5.74, 6) is 2.65. The van der Waals surface area contributed by atoms with Gasteiger partial charge in [-0.1, -0.05) is 26.0 Å². The second-order valence-corrected chi connectivity index (χ2v) is 6.43. The molecule has 18 heavy (non-hydrogen) atoms. The van der Waals surface area contributed by atoms with Gasteiger partial charge in [-0.15, -0.1) is 0 Å². The van der Waals surface area contributed by atoms with Gasteiger partial charge in [-0.3, -0.25) is 0 Å². The van der Waals surface area contributed by atoms with Gasteiger partial charge in [-0.05, 0) is 40.7 Å². The number of hydrogen-bond donors (Lipinski definition) is 1. The first-order chi connectivity index (χ1) is 8.65. The summed E-state index contributed by atoms with van der Waals surface area (Å²) in [7, 11) is 0. The Labute approximate surface area is 123 Å².